The highest BCUT2D eigenvalue weighted by molar-refractivity contribution is 5.94. The lowest BCUT2D eigenvalue weighted by Gasteiger charge is -2.46. The minimum atomic E-state index is -0.426. The van der Waals surface area contributed by atoms with Crippen molar-refractivity contribution in [2.75, 3.05) is 23.3 Å². The van der Waals surface area contributed by atoms with E-state index in [-0.39, 0.29) is 11.6 Å². The quantitative estimate of drug-likeness (QED) is 0.229. The van der Waals surface area contributed by atoms with Crippen LogP contribution < -0.4 is 21.3 Å². The third kappa shape index (κ3) is 6.31. The van der Waals surface area contributed by atoms with Crippen LogP contribution in [0.5, 0.6) is 0 Å². The highest BCUT2D eigenvalue weighted by Gasteiger charge is 2.36. The summed E-state index contributed by atoms with van der Waals surface area (Å²) in [6.45, 7) is 4.28. The predicted molar refractivity (Wildman–Crippen MR) is 170 cm³/mol. The van der Waals surface area contributed by atoms with Gasteiger partial charge in [0.2, 0.25) is 17.6 Å². The van der Waals surface area contributed by atoms with Gasteiger partial charge in [0.15, 0.2) is 0 Å². The van der Waals surface area contributed by atoms with Crippen molar-refractivity contribution in [1.29, 1.82) is 0 Å². The first-order valence-electron chi connectivity index (χ1n) is 15.9. The molecule has 3 aromatic heterocycles. The number of anilines is 2. The van der Waals surface area contributed by atoms with Crippen LogP contribution in [-0.4, -0.2) is 56.7 Å². The van der Waals surface area contributed by atoms with Gasteiger partial charge in [0.05, 0.1) is 11.9 Å². The van der Waals surface area contributed by atoms with Gasteiger partial charge in [0.1, 0.15) is 11.5 Å². The summed E-state index contributed by atoms with van der Waals surface area (Å²) in [6.07, 6.45) is 12.9. The summed E-state index contributed by atoms with van der Waals surface area (Å²) in [4.78, 5) is 28.0. The average molecular weight is 593 g/mol. The second-order valence-corrected chi connectivity index (χ2v) is 12.9. The zero-order chi connectivity index (χ0) is 30.1. The number of nitrogens with one attached hydrogen (secondary N) is 2. The first kappa shape index (κ1) is 28.5. The lowest BCUT2D eigenvalue weighted by molar-refractivity contribution is 0.100. The van der Waals surface area contributed by atoms with Gasteiger partial charge in [0, 0.05) is 48.4 Å². The molecule has 1 saturated heterocycles. The van der Waals surface area contributed by atoms with E-state index in [2.05, 4.69) is 49.7 Å². The normalized spacial score (nSPS) is 23.8. The van der Waals surface area contributed by atoms with Crippen molar-refractivity contribution >= 4 is 17.4 Å². The number of nitrogens with two attached hydrogens (primary N) is 1. The van der Waals surface area contributed by atoms with Gasteiger partial charge < -0.3 is 25.8 Å². The fourth-order valence-electron chi connectivity index (χ4n) is 6.77. The van der Waals surface area contributed by atoms with E-state index in [1.165, 1.54) is 12.8 Å². The summed E-state index contributed by atoms with van der Waals surface area (Å²) in [5.74, 6) is 2.15. The number of benzene rings is 1. The summed E-state index contributed by atoms with van der Waals surface area (Å²) in [5.41, 5.74) is 9.80. The van der Waals surface area contributed by atoms with Crippen molar-refractivity contribution < 1.29 is 9.32 Å². The summed E-state index contributed by atoms with van der Waals surface area (Å²) < 4.78 is 5.43. The van der Waals surface area contributed by atoms with E-state index in [0.29, 0.717) is 23.3 Å². The molecule has 3 atom stereocenters. The van der Waals surface area contributed by atoms with Crippen molar-refractivity contribution in [2.45, 2.75) is 81.8 Å². The molecule has 44 heavy (non-hydrogen) atoms. The Bertz CT molecular complexity index is 1620. The van der Waals surface area contributed by atoms with Gasteiger partial charge in [0.25, 0.3) is 0 Å². The van der Waals surface area contributed by atoms with Crippen LogP contribution in [0.4, 0.5) is 11.5 Å². The van der Waals surface area contributed by atoms with E-state index >= 15 is 0 Å². The number of carbonyl (C=O) groups excluding carboxylic acids is 1. The van der Waals surface area contributed by atoms with Crippen LogP contribution in [0.2, 0.25) is 0 Å². The summed E-state index contributed by atoms with van der Waals surface area (Å²) in [6, 6.07) is 16.2. The number of pyridine rings is 2. The van der Waals surface area contributed by atoms with E-state index in [4.69, 9.17) is 15.2 Å². The number of aromatic nitrogens is 4. The van der Waals surface area contributed by atoms with Gasteiger partial charge in [-0.3, -0.25) is 9.78 Å². The topological polar surface area (TPSA) is 135 Å². The molecule has 2 saturated carbocycles. The molecule has 4 aromatic rings. The van der Waals surface area contributed by atoms with E-state index < -0.39 is 5.91 Å². The molecule has 7 rings (SSSR count). The Morgan fingerprint density at radius 3 is 2.64 bits per heavy atom. The molecule has 3 unspecified atom stereocenters. The van der Waals surface area contributed by atoms with E-state index in [1.54, 1.807) is 6.07 Å². The minimum Gasteiger partial charge on any atom is -0.368 e. The molecule has 1 aromatic carbocycles. The number of piperidine rings is 1. The number of rotatable bonds is 9. The van der Waals surface area contributed by atoms with Gasteiger partial charge in [-0.25, -0.2) is 4.98 Å². The molecular formula is C34H40N8O2. The fourth-order valence-corrected chi connectivity index (χ4v) is 6.77. The highest BCUT2D eigenvalue weighted by Crippen LogP contribution is 2.39. The Balaban J connectivity index is 1.02. The fraction of sp³-hybridized carbons (Fsp3) is 0.441. The second kappa shape index (κ2) is 12.0. The van der Waals surface area contributed by atoms with Crippen molar-refractivity contribution in [3.8, 4) is 22.6 Å². The largest absolute Gasteiger partial charge is 0.368 e. The van der Waals surface area contributed by atoms with Gasteiger partial charge in [-0.05, 0) is 93.0 Å². The smallest absolute Gasteiger partial charge is 0.248 e. The van der Waals surface area contributed by atoms with Crippen LogP contribution >= 0.6 is 0 Å². The number of primary amides is 1. The average Bonchev–Trinajstić information content (AvgIpc) is 3.78. The maximum atomic E-state index is 11.7. The first-order valence-corrected chi connectivity index (χ1v) is 15.9. The standard InChI is InChI=1S/C34H40N8O2/c1-34(15-5-17-42(21-34)26-12-13-29(37-20-26)32-39-33(44-41-32)22-10-11-22)40-28-9-3-2-8-27(28)38-30-19-24(14-16-36-30)23-6-4-7-25(18-23)31(35)43/h4,6-7,12-14,16,18-20,22,27-28,40H,2-3,5,8-11,15,17,21H2,1H3,(H2,35,43)(H,36,38). The second-order valence-electron chi connectivity index (χ2n) is 12.9. The Morgan fingerprint density at radius 1 is 1.00 bits per heavy atom. The molecule has 0 radical (unpaired) electrons. The molecule has 4 N–H and O–H groups in total. The van der Waals surface area contributed by atoms with Crippen molar-refractivity contribution in [3.63, 3.8) is 0 Å². The van der Waals surface area contributed by atoms with E-state index in [9.17, 15) is 4.79 Å². The maximum absolute atomic E-state index is 11.7. The molecule has 1 amide bonds. The number of nitrogens with zero attached hydrogens (tertiary/aromatic N) is 5. The lowest BCUT2D eigenvalue weighted by atomic mass is 9.84. The molecular weight excluding hydrogens is 552 g/mol. The molecule has 0 spiro atoms. The molecule has 228 valence electrons. The number of hydrogen-bond donors (Lipinski definition) is 3. The Hall–Kier alpha value is -4.31. The van der Waals surface area contributed by atoms with Crippen LogP contribution in [-0.2, 0) is 0 Å². The van der Waals surface area contributed by atoms with Crippen molar-refractivity contribution in [2.24, 2.45) is 5.73 Å². The third-order valence-corrected chi connectivity index (χ3v) is 9.28. The summed E-state index contributed by atoms with van der Waals surface area (Å²) >= 11 is 0. The number of carbonyl (C=O) groups is 1. The molecule has 1 aliphatic heterocycles. The van der Waals surface area contributed by atoms with Crippen molar-refractivity contribution in [3.05, 3.63) is 72.4 Å². The molecule has 10 heteroatoms. The highest BCUT2D eigenvalue weighted by atomic mass is 16.5. The third-order valence-electron chi connectivity index (χ3n) is 9.28. The SMILES string of the molecule is CC1(NC2CCCCC2Nc2cc(-c3cccc(C(N)=O)c3)ccn2)CCCN(c2ccc(-c3noc(C4CC4)n3)nc2)C1. The van der Waals surface area contributed by atoms with E-state index in [0.717, 1.165) is 85.8 Å². The zero-order valence-corrected chi connectivity index (χ0v) is 25.2. The van der Waals surface area contributed by atoms with Crippen LogP contribution in [0.1, 0.15) is 80.5 Å². The molecule has 10 nitrogen and oxygen atoms in total. The number of amides is 1. The molecule has 4 heterocycles. The van der Waals surface area contributed by atoms with Gasteiger partial charge in [-0.15, -0.1) is 0 Å². The Labute approximate surface area is 257 Å². The molecule has 3 aliphatic rings. The van der Waals surface area contributed by atoms with Crippen LogP contribution in [0.3, 0.4) is 0 Å². The Kier molecular flexibility index (Phi) is 7.76. The number of hydrogen-bond acceptors (Lipinski definition) is 9. The van der Waals surface area contributed by atoms with Gasteiger partial charge in [-0.1, -0.05) is 30.1 Å². The van der Waals surface area contributed by atoms with Gasteiger partial charge in [-0.2, -0.15) is 4.98 Å². The van der Waals surface area contributed by atoms with Gasteiger partial charge >= 0.3 is 0 Å². The molecule has 2 aliphatic carbocycles. The summed E-state index contributed by atoms with van der Waals surface area (Å²) in [5, 5.41) is 12.0. The minimum absolute atomic E-state index is 0.0316. The van der Waals surface area contributed by atoms with Crippen LogP contribution in [0.15, 0.2) is 65.4 Å². The van der Waals surface area contributed by atoms with Crippen molar-refractivity contribution in [1.82, 2.24) is 25.4 Å². The summed E-state index contributed by atoms with van der Waals surface area (Å²) in [7, 11) is 0. The van der Waals surface area contributed by atoms with Crippen LogP contribution in [0.25, 0.3) is 22.6 Å². The van der Waals surface area contributed by atoms with E-state index in [1.807, 2.05) is 42.7 Å². The molecule has 3 fully saturated rings. The zero-order valence-electron chi connectivity index (χ0n) is 25.2. The monoisotopic (exact) mass is 592 g/mol. The first-order chi connectivity index (χ1) is 21.4. The maximum Gasteiger partial charge on any atom is 0.248 e. The lowest BCUT2D eigenvalue weighted by Crippen LogP contribution is -2.61. The Morgan fingerprint density at radius 2 is 1.84 bits per heavy atom. The predicted octanol–water partition coefficient (Wildman–Crippen LogP) is 5.54. The molecule has 0 bridgehead atoms. The van der Waals surface area contributed by atoms with Crippen LogP contribution in [0, 0.1) is 0 Å².